The van der Waals surface area contributed by atoms with E-state index in [4.69, 9.17) is 4.42 Å². The third-order valence-electron chi connectivity index (χ3n) is 3.33. The van der Waals surface area contributed by atoms with Crippen molar-refractivity contribution < 1.29 is 9.21 Å². The number of nitrogens with zero attached hydrogens (tertiary/aromatic N) is 2. The largest absolute Gasteiger partial charge is 0.419 e. The molecule has 0 unspecified atom stereocenters. The molecule has 2 heterocycles. The Morgan fingerprint density at radius 3 is 2.89 bits per heavy atom. The predicted octanol–water partition coefficient (Wildman–Crippen LogP) is 0.0263. The molecule has 0 radical (unpaired) electrons. The molecule has 2 aromatic rings. The summed E-state index contributed by atoms with van der Waals surface area (Å²) in [5, 5.41) is 2.78. The van der Waals surface area contributed by atoms with Gasteiger partial charge in [0.25, 0.3) is 0 Å². The van der Waals surface area contributed by atoms with Crippen LogP contribution in [0.2, 0.25) is 0 Å². The highest BCUT2D eigenvalue weighted by Crippen LogP contribution is 2.11. The summed E-state index contributed by atoms with van der Waals surface area (Å²) in [5.74, 6) is -0.307. The van der Waals surface area contributed by atoms with Gasteiger partial charge in [-0.05, 0) is 12.1 Å². The monoisotopic (exact) mass is 261 g/mol. The Hall–Kier alpha value is -2.08. The van der Waals surface area contributed by atoms with Gasteiger partial charge in [0.2, 0.25) is 5.91 Å². The number of hydrogen-bond donors (Lipinski definition) is 1. The number of fused-ring (bicyclic) bond motifs is 1. The maximum Gasteiger partial charge on any atom is 0.419 e. The fourth-order valence-corrected chi connectivity index (χ4v) is 2.35. The van der Waals surface area contributed by atoms with Gasteiger partial charge >= 0.3 is 5.76 Å². The number of carbonyl (C=O) groups is 1. The minimum atomic E-state index is -0.345. The van der Waals surface area contributed by atoms with Gasteiger partial charge in [-0.15, -0.1) is 0 Å². The van der Waals surface area contributed by atoms with E-state index in [1.54, 1.807) is 10.6 Å². The van der Waals surface area contributed by atoms with Gasteiger partial charge in [-0.1, -0.05) is 12.1 Å². The molecule has 1 aromatic carbocycles. The zero-order valence-corrected chi connectivity index (χ0v) is 10.5. The van der Waals surface area contributed by atoms with Crippen LogP contribution in [0.3, 0.4) is 0 Å². The fraction of sp³-hybridized carbons (Fsp3) is 0.385. The van der Waals surface area contributed by atoms with Crippen LogP contribution in [0.15, 0.2) is 33.5 Å². The van der Waals surface area contributed by atoms with Crippen molar-refractivity contribution in [2.24, 2.45) is 0 Å². The maximum absolute atomic E-state index is 11.8. The van der Waals surface area contributed by atoms with Crippen molar-refractivity contribution in [3.05, 3.63) is 34.8 Å². The van der Waals surface area contributed by atoms with E-state index in [0.717, 1.165) is 12.1 Å². The minimum Gasteiger partial charge on any atom is -0.408 e. The molecule has 1 amide bonds. The molecule has 0 spiro atoms. The topological polar surface area (TPSA) is 67.5 Å². The summed E-state index contributed by atoms with van der Waals surface area (Å²) < 4.78 is 6.78. The summed E-state index contributed by atoms with van der Waals surface area (Å²) in [6, 6.07) is 7.36. The first-order valence-electron chi connectivity index (χ1n) is 6.31. The van der Waals surface area contributed by atoms with Gasteiger partial charge in [0.1, 0.15) is 0 Å². The maximum atomic E-state index is 11.8. The van der Waals surface area contributed by atoms with Gasteiger partial charge in [-0.2, -0.15) is 0 Å². The average molecular weight is 261 g/mol. The first-order chi connectivity index (χ1) is 9.24. The number of carbonyl (C=O) groups excluding carboxylic acids is 1. The molecule has 1 saturated heterocycles. The van der Waals surface area contributed by atoms with Crippen molar-refractivity contribution in [2.75, 3.05) is 26.2 Å². The number of nitrogens with one attached hydrogen (secondary N) is 1. The van der Waals surface area contributed by atoms with Crippen molar-refractivity contribution in [3.8, 4) is 0 Å². The first kappa shape index (κ1) is 12.0. The lowest BCUT2D eigenvalue weighted by Crippen LogP contribution is -2.48. The van der Waals surface area contributed by atoms with Crippen LogP contribution >= 0.6 is 0 Å². The van der Waals surface area contributed by atoms with Crippen LogP contribution in [0.1, 0.15) is 0 Å². The van der Waals surface area contributed by atoms with Gasteiger partial charge in [-0.3, -0.25) is 14.3 Å². The summed E-state index contributed by atoms with van der Waals surface area (Å²) in [6.45, 7) is 3.07. The summed E-state index contributed by atoms with van der Waals surface area (Å²) in [7, 11) is 0. The van der Waals surface area contributed by atoms with Crippen LogP contribution in [0.4, 0.5) is 0 Å². The molecule has 1 aliphatic rings. The summed E-state index contributed by atoms with van der Waals surface area (Å²) in [4.78, 5) is 25.1. The van der Waals surface area contributed by atoms with E-state index in [-0.39, 0.29) is 11.7 Å². The lowest BCUT2D eigenvalue weighted by Gasteiger charge is -2.26. The Bertz CT molecular complexity index is 658. The molecule has 0 saturated carbocycles. The fourth-order valence-electron chi connectivity index (χ4n) is 2.35. The van der Waals surface area contributed by atoms with E-state index >= 15 is 0 Å². The van der Waals surface area contributed by atoms with Crippen LogP contribution in [-0.2, 0) is 11.3 Å². The number of aromatic nitrogens is 1. The van der Waals surface area contributed by atoms with E-state index in [1.807, 2.05) is 23.1 Å². The number of amides is 1. The number of oxazole rings is 1. The van der Waals surface area contributed by atoms with Crippen molar-refractivity contribution >= 4 is 17.0 Å². The standard InChI is InChI=1S/C13H15N3O3/c17-12-9-15(6-5-14-12)7-8-16-10-3-1-2-4-11(10)19-13(16)18/h1-4H,5-9H2,(H,14,17). The minimum absolute atomic E-state index is 0.0376. The Kier molecular flexibility index (Phi) is 3.08. The Balaban J connectivity index is 1.76. The lowest BCUT2D eigenvalue weighted by molar-refractivity contribution is -0.124. The normalized spacial score (nSPS) is 16.7. The highest BCUT2D eigenvalue weighted by atomic mass is 16.4. The molecule has 0 aliphatic carbocycles. The van der Waals surface area contributed by atoms with Crippen LogP contribution < -0.4 is 11.1 Å². The molecule has 6 heteroatoms. The van der Waals surface area contributed by atoms with Crippen LogP contribution in [-0.4, -0.2) is 41.6 Å². The third kappa shape index (κ3) is 2.39. The molecule has 0 bridgehead atoms. The van der Waals surface area contributed by atoms with Crippen molar-refractivity contribution in [3.63, 3.8) is 0 Å². The Morgan fingerprint density at radius 2 is 2.05 bits per heavy atom. The van der Waals surface area contributed by atoms with Crippen LogP contribution in [0.25, 0.3) is 11.1 Å². The zero-order valence-electron chi connectivity index (χ0n) is 10.5. The average Bonchev–Trinajstić information content (AvgIpc) is 2.72. The molecule has 1 aliphatic heterocycles. The smallest absolute Gasteiger partial charge is 0.408 e. The van der Waals surface area contributed by atoms with Crippen LogP contribution in [0.5, 0.6) is 0 Å². The quantitative estimate of drug-likeness (QED) is 0.846. The van der Waals surface area contributed by atoms with E-state index < -0.39 is 0 Å². The molecular formula is C13H15N3O3. The molecular weight excluding hydrogens is 246 g/mol. The SMILES string of the molecule is O=C1CN(CCn2c(=O)oc3ccccc32)CCN1. The van der Waals surface area contributed by atoms with Crippen molar-refractivity contribution in [2.45, 2.75) is 6.54 Å². The third-order valence-corrected chi connectivity index (χ3v) is 3.33. The molecule has 1 fully saturated rings. The predicted molar refractivity (Wildman–Crippen MR) is 69.9 cm³/mol. The molecule has 0 atom stereocenters. The molecule has 6 nitrogen and oxygen atoms in total. The summed E-state index contributed by atoms with van der Waals surface area (Å²) >= 11 is 0. The van der Waals surface area contributed by atoms with E-state index in [0.29, 0.717) is 31.8 Å². The molecule has 1 N–H and O–H groups in total. The van der Waals surface area contributed by atoms with Crippen LogP contribution in [0, 0.1) is 0 Å². The van der Waals surface area contributed by atoms with Gasteiger partial charge in [0, 0.05) is 26.2 Å². The zero-order chi connectivity index (χ0) is 13.2. The van der Waals surface area contributed by atoms with Gasteiger partial charge in [0.05, 0.1) is 12.1 Å². The Labute approximate surface area is 109 Å². The second-order valence-corrected chi connectivity index (χ2v) is 4.61. The molecule has 3 rings (SSSR count). The summed E-state index contributed by atoms with van der Waals surface area (Å²) in [5.41, 5.74) is 1.40. The van der Waals surface area contributed by atoms with E-state index in [9.17, 15) is 9.59 Å². The number of benzene rings is 1. The molecule has 1 aromatic heterocycles. The van der Waals surface area contributed by atoms with Gasteiger partial charge in [0.15, 0.2) is 5.58 Å². The number of para-hydroxylation sites is 2. The van der Waals surface area contributed by atoms with Gasteiger partial charge < -0.3 is 9.73 Å². The number of rotatable bonds is 3. The second-order valence-electron chi connectivity index (χ2n) is 4.61. The highest BCUT2D eigenvalue weighted by molar-refractivity contribution is 5.78. The highest BCUT2D eigenvalue weighted by Gasteiger charge is 2.16. The summed E-state index contributed by atoms with van der Waals surface area (Å²) in [6.07, 6.45) is 0. The number of piperazine rings is 1. The lowest BCUT2D eigenvalue weighted by atomic mass is 10.3. The van der Waals surface area contributed by atoms with E-state index in [2.05, 4.69) is 5.32 Å². The second kappa shape index (κ2) is 4.89. The van der Waals surface area contributed by atoms with Crippen molar-refractivity contribution in [1.82, 2.24) is 14.8 Å². The van der Waals surface area contributed by atoms with Gasteiger partial charge in [-0.25, -0.2) is 4.79 Å². The number of hydrogen-bond acceptors (Lipinski definition) is 4. The van der Waals surface area contributed by atoms with Crippen molar-refractivity contribution in [1.29, 1.82) is 0 Å². The molecule has 19 heavy (non-hydrogen) atoms. The van der Waals surface area contributed by atoms with E-state index in [1.165, 1.54) is 0 Å². The molecule has 100 valence electrons. The Morgan fingerprint density at radius 1 is 1.21 bits per heavy atom. The first-order valence-corrected chi connectivity index (χ1v) is 6.31.